The lowest BCUT2D eigenvalue weighted by Crippen LogP contribution is -2.38. The van der Waals surface area contributed by atoms with Gasteiger partial charge in [0.15, 0.2) is 0 Å². The Balaban J connectivity index is 1.41. The molecule has 4 aromatic rings. The summed E-state index contributed by atoms with van der Waals surface area (Å²) < 4.78 is 27.5. The molecule has 0 saturated heterocycles. The molecule has 0 fully saturated rings. The van der Waals surface area contributed by atoms with Crippen molar-refractivity contribution in [2.45, 2.75) is 24.9 Å². The fourth-order valence-electron chi connectivity index (χ4n) is 4.98. The van der Waals surface area contributed by atoms with Gasteiger partial charge in [-0.1, -0.05) is 84.9 Å². The SMILES string of the molecule is O=C(N1N=C(c2ccccc2)CC1c1ccc(F)cc1)N1N=C(c2ccccc2)CC1c1ccc(F)cc1. The molecule has 2 aliphatic heterocycles. The molecule has 0 aromatic heterocycles. The molecule has 2 unspecified atom stereocenters. The highest BCUT2D eigenvalue weighted by Crippen LogP contribution is 2.38. The Bertz CT molecular complexity index is 1390. The van der Waals surface area contributed by atoms with E-state index in [1.165, 1.54) is 34.3 Å². The van der Waals surface area contributed by atoms with E-state index in [2.05, 4.69) is 0 Å². The van der Waals surface area contributed by atoms with Gasteiger partial charge < -0.3 is 0 Å². The minimum absolute atomic E-state index is 0.346. The van der Waals surface area contributed by atoms with E-state index >= 15 is 0 Å². The fraction of sp³-hybridized carbons (Fsp3) is 0.129. The van der Waals surface area contributed by atoms with Crippen LogP contribution in [0.5, 0.6) is 0 Å². The molecule has 0 N–H and O–H groups in total. The Kier molecular flexibility index (Phi) is 6.25. The summed E-state index contributed by atoms with van der Waals surface area (Å²) in [4.78, 5) is 14.2. The molecule has 2 atom stereocenters. The number of hydrazone groups is 2. The average molecular weight is 507 g/mol. The minimum atomic E-state index is -0.428. The molecular weight excluding hydrogens is 482 g/mol. The third-order valence-corrected chi connectivity index (χ3v) is 6.94. The number of nitrogens with zero attached hydrogens (tertiary/aromatic N) is 4. The Labute approximate surface area is 219 Å². The van der Waals surface area contributed by atoms with Gasteiger partial charge in [0.05, 0.1) is 23.5 Å². The van der Waals surface area contributed by atoms with Crippen LogP contribution in [-0.4, -0.2) is 27.5 Å². The molecule has 2 aliphatic rings. The Morgan fingerprint density at radius 2 is 0.947 bits per heavy atom. The smallest absolute Gasteiger partial charge is 0.244 e. The summed E-state index contributed by atoms with van der Waals surface area (Å²) in [5, 5.41) is 12.4. The van der Waals surface area contributed by atoms with Crippen molar-refractivity contribution in [3.8, 4) is 0 Å². The van der Waals surface area contributed by atoms with E-state index in [-0.39, 0.29) is 11.6 Å². The molecule has 7 heteroatoms. The van der Waals surface area contributed by atoms with Crippen molar-refractivity contribution < 1.29 is 13.6 Å². The number of rotatable bonds is 4. The highest BCUT2D eigenvalue weighted by Gasteiger charge is 2.41. The summed E-state index contributed by atoms with van der Waals surface area (Å²) in [5.74, 6) is -0.691. The first-order valence-electron chi connectivity index (χ1n) is 12.5. The van der Waals surface area contributed by atoms with Crippen LogP contribution in [0.15, 0.2) is 119 Å². The second-order valence-electron chi connectivity index (χ2n) is 9.34. The highest BCUT2D eigenvalue weighted by atomic mass is 19.1. The Hall–Kier alpha value is -4.65. The van der Waals surface area contributed by atoms with Crippen LogP contribution in [0.4, 0.5) is 13.6 Å². The second kappa shape index (κ2) is 10.0. The van der Waals surface area contributed by atoms with Crippen molar-refractivity contribution in [2.24, 2.45) is 10.2 Å². The van der Waals surface area contributed by atoms with Gasteiger partial charge in [0.1, 0.15) is 11.6 Å². The van der Waals surface area contributed by atoms with Crippen molar-refractivity contribution in [1.82, 2.24) is 10.0 Å². The van der Waals surface area contributed by atoms with Crippen LogP contribution in [0.25, 0.3) is 0 Å². The summed E-state index contributed by atoms with van der Waals surface area (Å²) in [6.07, 6.45) is 0.956. The molecule has 0 radical (unpaired) electrons. The molecule has 2 heterocycles. The van der Waals surface area contributed by atoms with E-state index in [1.807, 2.05) is 60.7 Å². The number of carbonyl (C=O) groups excluding carboxylic acids is 1. The van der Waals surface area contributed by atoms with E-state index in [4.69, 9.17) is 10.2 Å². The predicted molar refractivity (Wildman–Crippen MR) is 143 cm³/mol. The molecule has 0 saturated carbocycles. The fourth-order valence-corrected chi connectivity index (χ4v) is 4.98. The molecule has 0 aliphatic carbocycles. The second-order valence-corrected chi connectivity index (χ2v) is 9.34. The lowest BCUT2D eigenvalue weighted by molar-refractivity contribution is 0.132. The largest absolute Gasteiger partial charge is 0.362 e. The van der Waals surface area contributed by atoms with Crippen molar-refractivity contribution in [2.75, 3.05) is 0 Å². The van der Waals surface area contributed by atoms with Crippen molar-refractivity contribution in [3.05, 3.63) is 143 Å². The third-order valence-electron chi connectivity index (χ3n) is 6.94. The first-order chi connectivity index (χ1) is 18.6. The number of urea groups is 1. The summed E-state index contributed by atoms with van der Waals surface area (Å²) in [7, 11) is 0. The summed E-state index contributed by atoms with van der Waals surface area (Å²) in [6, 6.07) is 30.4. The summed E-state index contributed by atoms with van der Waals surface area (Å²) >= 11 is 0. The number of halogens is 2. The number of hydrogen-bond acceptors (Lipinski definition) is 3. The molecule has 4 aromatic carbocycles. The van der Waals surface area contributed by atoms with Crippen LogP contribution in [0.1, 0.15) is 47.2 Å². The first-order valence-corrected chi connectivity index (χ1v) is 12.5. The van der Waals surface area contributed by atoms with Gasteiger partial charge in [-0.3, -0.25) is 0 Å². The van der Waals surface area contributed by atoms with Crippen molar-refractivity contribution >= 4 is 17.5 Å². The van der Waals surface area contributed by atoms with Crippen molar-refractivity contribution in [3.63, 3.8) is 0 Å². The zero-order chi connectivity index (χ0) is 26.1. The molecule has 2 amide bonds. The third kappa shape index (κ3) is 4.59. The van der Waals surface area contributed by atoms with Crippen molar-refractivity contribution in [1.29, 1.82) is 0 Å². The van der Waals surface area contributed by atoms with E-state index in [0.29, 0.717) is 12.8 Å². The maximum Gasteiger partial charge on any atom is 0.362 e. The van der Waals surface area contributed by atoms with Gasteiger partial charge in [-0.15, -0.1) is 0 Å². The van der Waals surface area contributed by atoms with Gasteiger partial charge in [0.2, 0.25) is 0 Å². The molecule has 5 nitrogen and oxygen atoms in total. The van der Waals surface area contributed by atoms with Gasteiger partial charge in [0.25, 0.3) is 0 Å². The molecular formula is C31H24F2N4O. The standard InChI is InChI=1S/C31H24F2N4O/c32-25-15-11-23(12-16-25)29-19-27(21-7-3-1-4-8-21)34-36(29)31(38)37-30(24-13-17-26(33)18-14-24)20-28(35-37)22-9-5-2-6-10-22/h1-18,29-30H,19-20H2. The first kappa shape index (κ1) is 23.7. The van der Waals surface area contributed by atoms with Crippen LogP contribution in [0.3, 0.4) is 0 Å². The normalized spacial score (nSPS) is 18.9. The summed E-state index contributed by atoms with van der Waals surface area (Å²) in [6.45, 7) is 0. The van der Waals surface area contributed by atoms with Crippen LogP contribution in [0, 0.1) is 11.6 Å². The van der Waals surface area contributed by atoms with E-state index in [9.17, 15) is 13.6 Å². The van der Waals surface area contributed by atoms with Crippen LogP contribution < -0.4 is 0 Å². The molecule has 188 valence electrons. The Morgan fingerprint density at radius 1 is 0.579 bits per heavy atom. The van der Waals surface area contributed by atoms with Crippen LogP contribution in [0.2, 0.25) is 0 Å². The number of hydrogen-bond donors (Lipinski definition) is 0. The Morgan fingerprint density at radius 3 is 1.32 bits per heavy atom. The maximum atomic E-state index is 14.2. The molecule has 6 rings (SSSR count). The van der Waals surface area contributed by atoms with Crippen LogP contribution >= 0.6 is 0 Å². The average Bonchev–Trinajstić information content (AvgIpc) is 3.61. The lowest BCUT2D eigenvalue weighted by atomic mass is 9.98. The summed E-state index contributed by atoms with van der Waals surface area (Å²) in [5.41, 5.74) is 4.91. The molecule has 38 heavy (non-hydrogen) atoms. The van der Waals surface area contributed by atoms with Gasteiger partial charge in [0, 0.05) is 12.8 Å². The molecule has 0 spiro atoms. The topological polar surface area (TPSA) is 48.3 Å². The van der Waals surface area contributed by atoms with Gasteiger partial charge in [-0.25, -0.2) is 23.6 Å². The van der Waals surface area contributed by atoms with Gasteiger partial charge in [-0.05, 0) is 46.5 Å². The quantitative estimate of drug-likeness (QED) is 0.292. The number of amides is 2. The lowest BCUT2D eigenvalue weighted by Gasteiger charge is -2.29. The van der Waals surface area contributed by atoms with E-state index in [0.717, 1.165) is 33.7 Å². The van der Waals surface area contributed by atoms with Gasteiger partial charge in [-0.2, -0.15) is 10.2 Å². The number of carbonyl (C=O) groups is 1. The maximum absolute atomic E-state index is 14.2. The molecule has 0 bridgehead atoms. The zero-order valence-corrected chi connectivity index (χ0v) is 20.4. The van der Waals surface area contributed by atoms with Gasteiger partial charge >= 0.3 is 6.03 Å². The number of benzene rings is 4. The van der Waals surface area contributed by atoms with E-state index < -0.39 is 18.1 Å². The monoisotopic (exact) mass is 506 g/mol. The zero-order valence-electron chi connectivity index (χ0n) is 20.4. The van der Waals surface area contributed by atoms with E-state index in [1.54, 1.807) is 24.3 Å². The highest BCUT2D eigenvalue weighted by molar-refractivity contribution is 6.04. The van der Waals surface area contributed by atoms with Crippen LogP contribution in [-0.2, 0) is 0 Å². The predicted octanol–water partition coefficient (Wildman–Crippen LogP) is 7.09. The minimum Gasteiger partial charge on any atom is -0.244 e.